The number of halogens is 2. The first-order chi connectivity index (χ1) is 18.2. The maximum atomic E-state index is 13.1. The molecule has 0 bridgehead atoms. The summed E-state index contributed by atoms with van der Waals surface area (Å²) in [5.74, 6) is -0.518. The fourth-order valence-electron chi connectivity index (χ4n) is 4.59. The van der Waals surface area contributed by atoms with Crippen LogP contribution >= 0.6 is 0 Å². The molecule has 0 atom stereocenters. The van der Waals surface area contributed by atoms with Gasteiger partial charge in [0.1, 0.15) is 23.8 Å². The average Bonchev–Trinajstić information content (AvgIpc) is 3.56. The average molecular weight is 522 g/mol. The van der Waals surface area contributed by atoms with Gasteiger partial charge in [0.15, 0.2) is 0 Å². The van der Waals surface area contributed by atoms with Gasteiger partial charge in [-0.15, -0.1) is 0 Å². The number of aromatic carboxylic acids is 1. The highest BCUT2D eigenvalue weighted by Crippen LogP contribution is 2.40. The van der Waals surface area contributed by atoms with E-state index in [0.29, 0.717) is 40.2 Å². The number of ether oxygens (including phenoxy) is 1. The number of hydrogen-bond donors (Lipinski definition) is 1. The van der Waals surface area contributed by atoms with E-state index in [1.54, 1.807) is 12.3 Å². The van der Waals surface area contributed by atoms with Crippen LogP contribution in [-0.4, -0.2) is 48.6 Å². The number of rotatable bonds is 8. The van der Waals surface area contributed by atoms with Crippen molar-refractivity contribution >= 4 is 17.0 Å². The quantitative estimate of drug-likeness (QED) is 0.274. The van der Waals surface area contributed by atoms with Crippen molar-refractivity contribution in [3.8, 4) is 33.7 Å². The minimum atomic E-state index is -2.73. The highest BCUT2D eigenvalue weighted by molar-refractivity contribution is 6.00. The first kappa shape index (κ1) is 25.1. The molecule has 0 saturated carbocycles. The summed E-state index contributed by atoms with van der Waals surface area (Å²) in [7, 11) is 0. The number of carboxylic acids is 1. The number of nitrogens with zero attached hydrogens (tertiary/aromatic N) is 5. The van der Waals surface area contributed by atoms with Gasteiger partial charge in [-0.2, -0.15) is 5.10 Å². The Morgan fingerprint density at radius 2 is 1.92 bits per heavy atom. The topological polar surface area (TPSA) is 108 Å². The van der Waals surface area contributed by atoms with E-state index >= 15 is 0 Å². The van der Waals surface area contributed by atoms with Crippen LogP contribution in [0.3, 0.4) is 0 Å². The molecule has 0 unspecified atom stereocenters. The fourth-order valence-corrected chi connectivity index (χ4v) is 4.59. The van der Waals surface area contributed by atoms with Gasteiger partial charge < -0.3 is 14.4 Å². The third kappa shape index (κ3) is 4.40. The Kier molecular flexibility index (Phi) is 6.43. The van der Waals surface area contributed by atoms with Crippen molar-refractivity contribution in [3.63, 3.8) is 0 Å². The van der Waals surface area contributed by atoms with E-state index in [-0.39, 0.29) is 11.3 Å². The maximum absolute atomic E-state index is 13.1. The molecule has 1 aromatic carbocycles. The van der Waals surface area contributed by atoms with Gasteiger partial charge in [0.2, 0.25) is 0 Å². The van der Waals surface area contributed by atoms with Crippen LogP contribution in [0.5, 0.6) is 5.75 Å². The highest BCUT2D eigenvalue weighted by Gasteiger charge is 2.22. The molecule has 0 saturated heterocycles. The Labute approximate surface area is 216 Å². The summed E-state index contributed by atoms with van der Waals surface area (Å²) < 4.78 is 40.6. The van der Waals surface area contributed by atoms with Crippen LogP contribution in [0, 0.1) is 20.8 Å². The highest BCUT2D eigenvalue weighted by atomic mass is 19.3. The molecule has 5 aromatic rings. The lowest BCUT2D eigenvalue weighted by atomic mass is 10.00. The second kappa shape index (κ2) is 9.73. The molecule has 4 heterocycles. The molecule has 11 heteroatoms. The predicted molar refractivity (Wildman–Crippen MR) is 136 cm³/mol. The standard InChI is InChI=1S/C27H25F2N5O4/c1-5-33-12-22(14(2)31-33)34-11-21(19-7-6-17(27(35)36)9-23(19)37-13-24(28)29)20-8-18(10-30-26(20)34)25-15(3)32-38-16(25)4/h6-12,24H,5,13H2,1-4H3,(H,35,36). The largest absolute Gasteiger partial charge is 0.487 e. The van der Waals surface area contributed by atoms with Gasteiger partial charge in [-0.25, -0.2) is 18.6 Å². The van der Waals surface area contributed by atoms with E-state index in [4.69, 9.17) is 14.2 Å². The minimum Gasteiger partial charge on any atom is -0.487 e. The Morgan fingerprint density at radius 3 is 2.55 bits per heavy atom. The lowest BCUT2D eigenvalue weighted by molar-refractivity contribution is 0.0695. The lowest BCUT2D eigenvalue weighted by Crippen LogP contribution is -2.08. The first-order valence-corrected chi connectivity index (χ1v) is 11.9. The lowest BCUT2D eigenvalue weighted by Gasteiger charge is -2.12. The van der Waals surface area contributed by atoms with Gasteiger partial charge in [0, 0.05) is 52.8 Å². The number of carboxylic acid groups (broad SMARTS) is 1. The number of benzene rings is 1. The maximum Gasteiger partial charge on any atom is 0.335 e. The van der Waals surface area contributed by atoms with E-state index < -0.39 is 19.0 Å². The molecule has 5 rings (SSSR count). The van der Waals surface area contributed by atoms with Gasteiger partial charge in [0.05, 0.1) is 22.6 Å². The molecular formula is C27H25F2N5O4. The summed E-state index contributed by atoms with van der Waals surface area (Å²) in [6.07, 6.45) is 2.75. The summed E-state index contributed by atoms with van der Waals surface area (Å²) in [5, 5.41) is 18.8. The molecule has 0 amide bonds. The molecule has 4 aromatic heterocycles. The Hall–Kier alpha value is -4.54. The van der Waals surface area contributed by atoms with Crippen LogP contribution in [-0.2, 0) is 6.54 Å². The van der Waals surface area contributed by atoms with Crippen molar-refractivity contribution in [2.24, 2.45) is 0 Å². The normalized spacial score (nSPS) is 11.6. The Morgan fingerprint density at radius 1 is 1.13 bits per heavy atom. The molecule has 0 fully saturated rings. The molecule has 38 heavy (non-hydrogen) atoms. The molecular weight excluding hydrogens is 496 g/mol. The van der Waals surface area contributed by atoms with Crippen LogP contribution < -0.4 is 4.74 Å². The Bertz CT molecular complexity index is 1650. The number of alkyl halides is 2. The van der Waals surface area contributed by atoms with Gasteiger partial charge in [-0.1, -0.05) is 5.16 Å². The second-order valence-electron chi connectivity index (χ2n) is 8.88. The number of pyridine rings is 1. The van der Waals surface area contributed by atoms with Gasteiger partial charge in [-0.3, -0.25) is 9.25 Å². The van der Waals surface area contributed by atoms with Crippen molar-refractivity contribution in [2.75, 3.05) is 6.61 Å². The predicted octanol–water partition coefficient (Wildman–Crippen LogP) is 5.83. The summed E-state index contributed by atoms with van der Waals surface area (Å²) in [6.45, 7) is 7.34. The second-order valence-corrected chi connectivity index (χ2v) is 8.88. The van der Waals surface area contributed by atoms with Crippen molar-refractivity contribution in [2.45, 2.75) is 40.7 Å². The van der Waals surface area contributed by atoms with E-state index in [1.807, 2.05) is 55.4 Å². The number of aromatic nitrogens is 5. The molecule has 0 aliphatic rings. The zero-order valence-electron chi connectivity index (χ0n) is 21.2. The van der Waals surface area contributed by atoms with E-state index in [1.165, 1.54) is 12.1 Å². The van der Waals surface area contributed by atoms with Crippen molar-refractivity contribution < 1.29 is 27.9 Å². The van der Waals surface area contributed by atoms with Crippen LogP contribution in [0.2, 0.25) is 0 Å². The molecule has 9 nitrogen and oxygen atoms in total. The third-order valence-corrected chi connectivity index (χ3v) is 6.35. The van der Waals surface area contributed by atoms with Gasteiger partial charge in [-0.05, 0) is 52.0 Å². The van der Waals surface area contributed by atoms with Gasteiger partial charge >= 0.3 is 5.97 Å². The molecule has 0 radical (unpaired) electrons. The number of fused-ring (bicyclic) bond motifs is 1. The van der Waals surface area contributed by atoms with E-state index in [0.717, 1.165) is 22.5 Å². The van der Waals surface area contributed by atoms with Gasteiger partial charge in [0.25, 0.3) is 6.43 Å². The van der Waals surface area contributed by atoms with Crippen LogP contribution in [0.4, 0.5) is 8.78 Å². The van der Waals surface area contributed by atoms with Crippen molar-refractivity contribution in [3.05, 3.63) is 65.6 Å². The number of hydrogen-bond acceptors (Lipinski definition) is 6. The zero-order valence-corrected chi connectivity index (χ0v) is 21.2. The molecule has 0 aliphatic heterocycles. The van der Waals surface area contributed by atoms with E-state index in [2.05, 4.69) is 10.3 Å². The van der Waals surface area contributed by atoms with Crippen LogP contribution in [0.1, 0.15) is 34.4 Å². The summed E-state index contributed by atoms with van der Waals surface area (Å²) >= 11 is 0. The zero-order chi connectivity index (χ0) is 27.1. The molecule has 0 spiro atoms. The smallest absolute Gasteiger partial charge is 0.335 e. The molecule has 0 aliphatic carbocycles. The summed E-state index contributed by atoms with van der Waals surface area (Å²) in [4.78, 5) is 16.4. The fraction of sp³-hybridized carbons (Fsp3) is 0.259. The van der Waals surface area contributed by atoms with Crippen LogP contribution in [0.15, 0.2) is 47.4 Å². The number of carbonyl (C=O) groups is 1. The Balaban J connectivity index is 1.79. The number of aryl methyl sites for hydroxylation is 4. The van der Waals surface area contributed by atoms with Crippen LogP contribution in [0.25, 0.3) is 39.0 Å². The minimum absolute atomic E-state index is 0.0352. The first-order valence-electron chi connectivity index (χ1n) is 11.9. The molecule has 196 valence electrons. The molecule has 1 N–H and O–H groups in total. The monoisotopic (exact) mass is 521 g/mol. The third-order valence-electron chi connectivity index (χ3n) is 6.35. The van der Waals surface area contributed by atoms with Crippen molar-refractivity contribution in [1.29, 1.82) is 0 Å². The van der Waals surface area contributed by atoms with Crippen molar-refractivity contribution in [1.82, 2.24) is 24.5 Å². The van der Waals surface area contributed by atoms with E-state index in [9.17, 15) is 18.7 Å². The summed E-state index contributed by atoms with van der Waals surface area (Å²) in [6, 6.07) is 6.17. The summed E-state index contributed by atoms with van der Waals surface area (Å²) in [5.41, 5.74) is 5.49. The SMILES string of the molecule is CCn1cc(-n2cc(-c3ccc(C(=O)O)cc3OCC(F)F)c3cc(-c4c(C)noc4C)cnc32)c(C)n1.